The zero-order valence-corrected chi connectivity index (χ0v) is 16.4. The maximum atomic E-state index is 12.6. The molecule has 6 nitrogen and oxygen atoms in total. The van der Waals surface area contributed by atoms with E-state index in [1.54, 1.807) is 0 Å². The maximum Gasteiger partial charge on any atom is 0.253 e. The molecular weight excluding hydrogens is 342 g/mol. The summed E-state index contributed by atoms with van der Waals surface area (Å²) in [5.74, 6) is 2.16. The van der Waals surface area contributed by atoms with E-state index < -0.39 is 0 Å². The summed E-state index contributed by atoms with van der Waals surface area (Å²) in [6.07, 6.45) is 0. The normalized spacial score (nSPS) is 10.9. The lowest BCUT2D eigenvalue weighted by molar-refractivity contribution is 0.0946. The molecule has 0 spiro atoms. The summed E-state index contributed by atoms with van der Waals surface area (Å²) in [6.45, 7) is 10.6. The summed E-state index contributed by atoms with van der Waals surface area (Å²) >= 11 is 0. The monoisotopic (exact) mass is 367 g/mol. The number of aryl methyl sites for hydroxylation is 4. The Bertz CT molecular complexity index is 949. The van der Waals surface area contributed by atoms with Crippen LogP contribution in [0.1, 0.15) is 38.6 Å². The third-order valence-electron chi connectivity index (χ3n) is 4.56. The number of carbonyl (C=O) groups excluding carboxylic acids is 1. The largest absolute Gasteiger partial charge is 0.491 e. The van der Waals surface area contributed by atoms with Gasteiger partial charge in [0.1, 0.15) is 18.1 Å². The van der Waals surface area contributed by atoms with Gasteiger partial charge in [-0.15, -0.1) is 0 Å². The minimum atomic E-state index is -0.125. The van der Waals surface area contributed by atoms with Crippen LogP contribution in [0.5, 0.6) is 5.75 Å². The van der Waals surface area contributed by atoms with Crippen molar-refractivity contribution in [3.8, 4) is 11.6 Å². The van der Waals surface area contributed by atoms with E-state index in [9.17, 15) is 4.79 Å². The Morgan fingerprint density at radius 1 is 1.15 bits per heavy atom. The van der Waals surface area contributed by atoms with Crippen molar-refractivity contribution in [3.63, 3.8) is 0 Å². The first-order chi connectivity index (χ1) is 12.9. The molecule has 3 aromatic rings. The van der Waals surface area contributed by atoms with Crippen molar-refractivity contribution in [1.29, 1.82) is 0 Å². The SMILES string of the molecule is Cc1cc(-n2c(C)cc(C(=O)NCCOc3c(C)cccc3C)c2C)no1. The second kappa shape index (κ2) is 7.70. The van der Waals surface area contributed by atoms with E-state index >= 15 is 0 Å². The van der Waals surface area contributed by atoms with Crippen molar-refractivity contribution in [2.75, 3.05) is 13.2 Å². The highest BCUT2D eigenvalue weighted by molar-refractivity contribution is 5.95. The highest BCUT2D eigenvalue weighted by atomic mass is 16.5. The number of benzene rings is 1. The van der Waals surface area contributed by atoms with Crippen LogP contribution in [0.25, 0.3) is 5.82 Å². The van der Waals surface area contributed by atoms with Crippen LogP contribution in [0, 0.1) is 34.6 Å². The fourth-order valence-electron chi connectivity index (χ4n) is 3.24. The Morgan fingerprint density at radius 3 is 2.48 bits per heavy atom. The van der Waals surface area contributed by atoms with Crippen LogP contribution in [0.3, 0.4) is 0 Å². The molecule has 2 aromatic heterocycles. The average molecular weight is 367 g/mol. The number of hydrogen-bond acceptors (Lipinski definition) is 4. The van der Waals surface area contributed by atoms with Crippen molar-refractivity contribution in [3.05, 3.63) is 64.2 Å². The molecule has 0 radical (unpaired) electrons. The molecule has 0 aliphatic carbocycles. The number of hydrogen-bond donors (Lipinski definition) is 1. The summed E-state index contributed by atoms with van der Waals surface area (Å²) in [5.41, 5.74) is 4.56. The first-order valence-corrected chi connectivity index (χ1v) is 8.98. The third kappa shape index (κ3) is 3.89. The lowest BCUT2D eigenvalue weighted by Crippen LogP contribution is -2.28. The summed E-state index contributed by atoms with van der Waals surface area (Å²) in [4.78, 5) is 12.6. The lowest BCUT2D eigenvalue weighted by atomic mass is 10.1. The molecular formula is C21H25N3O3. The molecule has 0 atom stereocenters. The Balaban J connectivity index is 1.64. The Kier molecular flexibility index (Phi) is 5.35. The number of nitrogens with one attached hydrogen (secondary N) is 1. The number of amides is 1. The first-order valence-electron chi connectivity index (χ1n) is 8.98. The molecule has 0 aliphatic heterocycles. The second-order valence-electron chi connectivity index (χ2n) is 6.74. The predicted molar refractivity (Wildman–Crippen MR) is 104 cm³/mol. The van der Waals surface area contributed by atoms with Crippen molar-refractivity contribution >= 4 is 5.91 Å². The van der Waals surface area contributed by atoms with E-state index in [1.165, 1.54) is 0 Å². The van der Waals surface area contributed by atoms with Crippen LogP contribution in [0.2, 0.25) is 0 Å². The Morgan fingerprint density at radius 2 is 1.85 bits per heavy atom. The fraction of sp³-hybridized carbons (Fsp3) is 0.333. The molecule has 27 heavy (non-hydrogen) atoms. The predicted octanol–water partition coefficient (Wildman–Crippen LogP) is 3.82. The lowest BCUT2D eigenvalue weighted by Gasteiger charge is -2.12. The second-order valence-corrected chi connectivity index (χ2v) is 6.74. The van der Waals surface area contributed by atoms with Gasteiger partial charge in [0.2, 0.25) is 0 Å². The van der Waals surface area contributed by atoms with Crippen molar-refractivity contribution in [2.45, 2.75) is 34.6 Å². The summed E-state index contributed by atoms with van der Waals surface area (Å²) in [5, 5.41) is 6.97. The van der Waals surface area contributed by atoms with Gasteiger partial charge >= 0.3 is 0 Å². The van der Waals surface area contributed by atoms with Gasteiger partial charge in [0, 0.05) is 17.5 Å². The summed E-state index contributed by atoms with van der Waals surface area (Å²) < 4.78 is 12.9. The number of nitrogens with zero attached hydrogens (tertiary/aromatic N) is 2. The van der Waals surface area contributed by atoms with E-state index in [-0.39, 0.29) is 5.91 Å². The van der Waals surface area contributed by atoms with E-state index in [0.29, 0.717) is 24.5 Å². The number of para-hydroxylation sites is 1. The number of ether oxygens (including phenoxy) is 1. The van der Waals surface area contributed by atoms with Gasteiger partial charge in [-0.3, -0.25) is 9.36 Å². The fourth-order valence-corrected chi connectivity index (χ4v) is 3.24. The molecule has 1 aromatic carbocycles. The van der Waals surface area contributed by atoms with Crippen LogP contribution in [0.15, 0.2) is 34.9 Å². The van der Waals surface area contributed by atoms with Crippen molar-refractivity contribution in [2.24, 2.45) is 0 Å². The van der Waals surface area contributed by atoms with E-state index in [4.69, 9.17) is 9.26 Å². The maximum absolute atomic E-state index is 12.6. The summed E-state index contributed by atoms with van der Waals surface area (Å²) in [7, 11) is 0. The molecule has 142 valence electrons. The van der Waals surface area contributed by atoms with Crippen molar-refractivity contribution in [1.82, 2.24) is 15.0 Å². The highest BCUT2D eigenvalue weighted by Crippen LogP contribution is 2.22. The van der Waals surface area contributed by atoms with Gasteiger partial charge in [-0.1, -0.05) is 23.4 Å². The smallest absolute Gasteiger partial charge is 0.253 e. The number of carbonyl (C=O) groups is 1. The van der Waals surface area contributed by atoms with Gasteiger partial charge in [0.05, 0.1) is 12.1 Å². The van der Waals surface area contributed by atoms with Crippen molar-refractivity contribution < 1.29 is 14.1 Å². The van der Waals surface area contributed by atoms with E-state index in [0.717, 1.165) is 34.0 Å². The highest BCUT2D eigenvalue weighted by Gasteiger charge is 2.18. The molecule has 0 saturated heterocycles. The van der Waals surface area contributed by atoms with Gasteiger partial charge in [0.25, 0.3) is 5.91 Å². The van der Waals surface area contributed by atoms with Crippen LogP contribution >= 0.6 is 0 Å². The summed E-state index contributed by atoms with van der Waals surface area (Å²) in [6, 6.07) is 9.75. The molecule has 2 heterocycles. The van der Waals surface area contributed by atoms with Gasteiger partial charge in [0.15, 0.2) is 5.82 Å². The van der Waals surface area contributed by atoms with Crippen LogP contribution < -0.4 is 10.1 Å². The van der Waals surface area contributed by atoms with Gasteiger partial charge in [-0.05, 0) is 51.8 Å². The molecule has 0 fully saturated rings. The standard InChI is InChI=1S/C21H25N3O3/c1-13-7-6-8-14(2)20(13)26-10-9-22-21(25)18-11-15(3)24(17(18)5)19-12-16(4)27-23-19/h6-8,11-12H,9-10H2,1-5H3,(H,22,25). The average Bonchev–Trinajstić information content (AvgIpc) is 3.16. The van der Waals surface area contributed by atoms with Gasteiger partial charge < -0.3 is 14.6 Å². The first kappa shape index (κ1) is 18.8. The molecule has 0 saturated carbocycles. The van der Waals surface area contributed by atoms with Gasteiger partial charge in [-0.25, -0.2) is 0 Å². The minimum absolute atomic E-state index is 0.125. The third-order valence-corrected chi connectivity index (χ3v) is 4.56. The van der Waals surface area contributed by atoms with Gasteiger partial charge in [-0.2, -0.15) is 0 Å². The van der Waals surface area contributed by atoms with Crippen LogP contribution in [0.4, 0.5) is 0 Å². The molecule has 1 amide bonds. The molecule has 0 unspecified atom stereocenters. The Hall–Kier alpha value is -3.02. The quantitative estimate of drug-likeness (QED) is 0.673. The van der Waals surface area contributed by atoms with Crippen LogP contribution in [-0.2, 0) is 0 Å². The zero-order chi connectivity index (χ0) is 19.6. The van der Waals surface area contributed by atoms with E-state index in [2.05, 4.69) is 10.5 Å². The topological polar surface area (TPSA) is 69.3 Å². The molecule has 3 rings (SSSR count). The molecule has 6 heteroatoms. The molecule has 0 aliphatic rings. The van der Waals surface area contributed by atoms with E-state index in [1.807, 2.05) is 69.5 Å². The molecule has 0 bridgehead atoms. The molecule has 1 N–H and O–H groups in total. The Labute approximate surface area is 159 Å². The minimum Gasteiger partial charge on any atom is -0.491 e. The zero-order valence-electron chi connectivity index (χ0n) is 16.4. The number of aromatic nitrogens is 2. The number of rotatable bonds is 6. The van der Waals surface area contributed by atoms with Crippen LogP contribution in [-0.4, -0.2) is 28.8 Å².